The highest BCUT2D eigenvalue weighted by Crippen LogP contribution is 2.38. The minimum absolute atomic E-state index is 0.00815. The Kier molecular flexibility index (Phi) is 2.49. The fourth-order valence-corrected chi connectivity index (χ4v) is 2.72. The highest BCUT2D eigenvalue weighted by molar-refractivity contribution is 6.34. The topological polar surface area (TPSA) is 41.6 Å². The van der Waals surface area contributed by atoms with Crippen molar-refractivity contribution >= 4 is 28.9 Å². The molecular weight excluding hydrogens is 240 g/mol. The van der Waals surface area contributed by atoms with Crippen molar-refractivity contribution in [2.45, 2.75) is 6.04 Å². The van der Waals surface area contributed by atoms with Gasteiger partial charge in [0, 0.05) is 7.05 Å². The van der Waals surface area contributed by atoms with E-state index in [-0.39, 0.29) is 17.9 Å². The Balaban J connectivity index is 2.12. The van der Waals surface area contributed by atoms with Gasteiger partial charge in [-0.1, -0.05) is 17.7 Å². The molecule has 0 saturated carbocycles. The maximum Gasteiger partial charge on any atom is 0.232 e. The number of nitrogens with one attached hydrogen (secondary N) is 1. The number of anilines is 2. The van der Waals surface area contributed by atoms with Gasteiger partial charge in [0.25, 0.3) is 0 Å². The van der Waals surface area contributed by atoms with E-state index in [0.717, 1.165) is 5.69 Å². The van der Waals surface area contributed by atoms with Crippen molar-refractivity contribution in [2.24, 2.45) is 5.92 Å². The molecule has 0 aromatic heterocycles. The summed E-state index contributed by atoms with van der Waals surface area (Å²) in [7, 11) is 1.97. The van der Waals surface area contributed by atoms with Crippen LogP contribution >= 0.6 is 11.6 Å². The van der Waals surface area contributed by atoms with Crippen molar-refractivity contribution in [3.05, 3.63) is 23.2 Å². The number of halogens is 1. The highest BCUT2D eigenvalue weighted by Gasteiger charge is 2.40. The molecule has 2 aliphatic rings. The summed E-state index contributed by atoms with van der Waals surface area (Å²) in [6.45, 7) is 1.06. The molecule has 1 aromatic carbocycles. The van der Waals surface area contributed by atoms with Crippen LogP contribution in [0.3, 0.4) is 0 Å². The van der Waals surface area contributed by atoms with Crippen LogP contribution in [-0.4, -0.2) is 32.2 Å². The molecule has 0 spiro atoms. The molecule has 0 radical (unpaired) electrons. The van der Waals surface area contributed by atoms with Crippen molar-refractivity contribution in [3.8, 4) is 0 Å². The number of likely N-dealkylation sites (N-methyl/N-ethyl adjacent to an activating group) is 1. The molecule has 5 heteroatoms. The molecule has 1 saturated heterocycles. The van der Waals surface area contributed by atoms with Gasteiger partial charge in [0.15, 0.2) is 0 Å². The molecule has 4 nitrogen and oxygen atoms in total. The molecule has 1 N–H and O–H groups in total. The highest BCUT2D eigenvalue weighted by atomic mass is 35.5. The van der Waals surface area contributed by atoms with Crippen molar-refractivity contribution < 1.29 is 9.53 Å². The summed E-state index contributed by atoms with van der Waals surface area (Å²) >= 11 is 6.13. The zero-order valence-corrected chi connectivity index (χ0v) is 10.2. The minimum Gasteiger partial charge on any atom is -0.378 e. The van der Waals surface area contributed by atoms with Crippen LogP contribution in [0, 0.1) is 5.92 Å². The molecule has 17 heavy (non-hydrogen) atoms. The fraction of sp³-hybridized carbons (Fsp3) is 0.417. The van der Waals surface area contributed by atoms with E-state index in [1.54, 1.807) is 6.07 Å². The van der Waals surface area contributed by atoms with Gasteiger partial charge in [0.1, 0.15) is 0 Å². The number of carbonyl (C=O) groups is 1. The number of rotatable bonds is 0. The molecule has 3 rings (SSSR count). The average Bonchev–Trinajstić information content (AvgIpc) is 2.76. The monoisotopic (exact) mass is 252 g/mol. The largest absolute Gasteiger partial charge is 0.378 e. The first kappa shape index (κ1) is 10.9. The van der Waals surface area contributed by atoms with E-state index >= 15 is 0 Å². The third-order valence-electron chi connectivity index (χ3n) is 3.50. The number of fused-ring (bicyclic) bond motifs is 2. The Labute approximate surface area is 104 Å². The Morgan fingerprint density at radius 2 is 2.29 bits per heavy atom. The SMILES string of the molecule is CN1c2cccc(Cl)c2NC(=O)C2COCC21. The summed E-state index contributed by atoms with van der Waals surface area (Å²) in [6, 6.07) is 5.73. The standard InChI is InChI=1S/C12H13ClN2O2/c1-15-9-4-2-3-8(13)11(9)14-12(16)7-5-17-6-10(7)15/h2-4,7,10H,5-6H2,1H3,(H,14,16). The second-order valence-corrected chi connectivity index (χ2v) is 4.85. The molecule has 1 aromatic rings. The van der Waals surface area contributed by atoms with Gasteiger partial charge in [-0.2, -0.15) is 0 Å². The quantitative estimate of drug-likeness (QED) is 0.765. The Hall–Kier alpha value is -1.26. The predicted molar refractivity (Wildman–Crippen MR) is 66.6 cm³/mol. The Morgan fingerprint density at radius 3 is 3.12 bits per heavy atom. The lowest BCUT2D eigenvalue weighted by atomic mass is 10.0. The van der Waals surface area contributed by atoms with Crippen molar-refractivity contribution in [1.29, 1.82) is 0 Å². The summed E-state index contributed by atoms with van der Waals surface area (Å²) in [4.78, 5) is 14.2. The van der Waals surface area contributed by atoms with Crippen molar-refractivity contribution in [2.75, 3.05) is 30.5 Å². The van der Waals surface area contributed by atoms with Gasteiger partial charge >= 0.3 is 0 Å². The molecule has 2 heterocycles. The average molecular weight is 253 g/mol. The number of hydrogen-bond donors (Lipinski definition) is 1. The molecule has 1 amide bonds. The third kappa shape index (κ3) is 1.59. The van der Waals surface area contributed by atoms with E-state index in [0.29, 0.717) is 23.9 Å². The lowest BCUT2D eigenvalue weighted by Gasteiger charge is -2.26. The molecular formula is C12H13ClN2O2. The number of para-hydroxylation sites is 1. The number of nitrogens with zero attached hydrogens (tertiary/aromatic N) is 1. The van der Waals surface area contributed by atoms with Crippen LogP contribution in [-0.2, 0) is 9.53 Å². The lowest BCUT2D eigenvalue weighted by molar-refractivity contribution is -0.120. The minimum atomic E-state index is -0.122. The second kappa shape index (κ2) is 3.89. The second-order valence-electron chi connectivity index (χ2n) is 4.45. The lowest BCUT2D eigenvalue weighted by Crippen LogP contribution is -2.40. The Bertz CT molecular complexity index is 478. The van der Waals surface area contributed by atoms with Crippen LogP contribution in [0.15, 0.2) is 18.2 Å². The summed E-state index contributed by atoms with van der Waals surface area (Å²) in [5.74, 6) is -0.130. The summed E-state index contributed by atoms with van der Waals surface area (Å²) < 4.78 is 5.40. The fourth-order valence-electron chi connectivity index (χ4n) is 2.50. The number of ether oxygens (including phenoxy) is 1. The van der Waals surface area contributed by atoms with Crippen LogP contribution in [0.5, 0.6) is 0 Å². The van der Waals surface area contributed by atoms with E-state index in [4.69, 9.17) is 16.3 Å². The molecule has 0 aliphatic carbocycles. The van der Waals surface area contributed by atoms with Crippen molar-refractivity contribution in [3.63, 3.8) is 0 Å². The molecule has 2 aliphatic heterocycles. The smallest absolute Gasteiger partial charge is 0.232 e. The van der Waals surface area contributed by atoms with E-state index < -0.39 is 0 Å². The van der Waals surface area contributed by atoms with Gasteiger partial charge in [-0.3, -0.25) is 4.79 Å². The van der Waals surface area contributed by atoms with Gasteiger partial charge < -0.3 is 15.0 Å². The van der Waals surface area contributed by atoms with Gasteiger partial charge in [-0.25, -0.2) is 0 Å². The van der Waals surface area contributed by atoms with E-state index in [9.17, 15) is 4.79 Å². The zero-order valence-electron chi connectivity index (χ0n) is 9.44. The number of benzene rings is 1. The number of hydrogen-bond acceptors (Lipinski definition) is 3. The molecule has 2 atom stereocenters. The first-order valence-corrected chi connectivity index (χ1v) is 5.96. The molecule has 2 unspecified atom stereocenters. The number of carbonyl (C=O) groups excluding carboxylic acids is 1. The third-order valence-corrected chi connectivity index (χ3v) is 3.82. The van der Waals surface area contributed by atoms with Gasteiger partial charge in [0.05, 0.1) is 41.6 Å². The van der Waals surface area contributed by atoms with Crippen molar-refractivity contribution in [1.82, 2.24) is 0 Å². The van der Waals surface area contributed by atoms with E-state index in [1.165, 1.54) is 0 Å². The van der Waals surface area contributed by atoms with Crippen LogP contribution in [0.2, 0.25) is 5.02 Å². The van der Waals surface area contributed by atoms with Crippen LogP contribution in [0.1, 0.15) is 0 Å². The molecule has 1 fully saturated rings. The van der Waals surface area contributed by atoms with E-state index in [1.807, 2.05) is 19.2 Å². The van der Waals surface area contributed by atoms with Crippen LogP contribution in [0.4, 0.5) is 11.4 Å². The van der Waals surface area contributed by atoms with Crippen LogP contribution in [0.25, 0.3) is 0 Å². The van der Waals surface area contributed by atoms with E-state index in [2.05, 4.69) is 10.2 Å². The maximum atomic E-state index is 12.1. The summed E-state index contributed by atoms with van der Waals surface area (Å²) in [6.07, 6.45) is 0. The molecule has 0 bridgehead atoms. The summed E-state index contributed by atoms with van der Waals surface area (Å²) in [5, 5.41) is 3.47. The van der Waals surface area contributed by atoms with Crippen LogP contribution < -0.4 is 10.2 Å². The van der Waals surface area contributed by atoms with Gasteiger partial charge in [-0.15, -0.1) is 0 Å². The first-order chi connectivity index (χ1) is 8.18. The molecule has 90 valence electrons. The zero-order chi connectivity index (χ0) is 12.0. The number of amides is 1. The van der Waals surface area contributed by atoms with Gasteiger partial charge in [-0.05, 0) is 12.1 Å². The maximum absolute atomic E-state index is 12.1. The van der Waals surface area contributed by atoms with Gasteiger partial charge in [0.2, 0.25) is 5.91 Å². The predicted octanol–water partition coefficient (Wildman–Crippen LogP) is 1.74. The summed E-state index contributed by atoms with van der Waals surface area (Å²) in [5.41, 5.74) is 1.65. The first-order valence-electron chi connectivity index (χ1n) is 5.58. The normalized spacial score (nSPS) is 27.2. The Morgan fingerprint density at radius 1 is 1.47 bits per heavy atom.